The van der Waals surface area contributed by atoms with Crippen LogP contribution in [0.3, 0.4) is 0 Å². The molecule has 7 rings (SSSR count). The number of aromatic nitrogens is 6. The maximum Gasteiger partial charge on any atom is 0.167 e. The molecule has 1 unspecified atom stereocenters. The highest BCUT2D eigenvalue weighted by molar-refractivity contribution is 5.83. The van der Waals surface area contributed by atoms with Gasteiger partial charge in [-0.3, -0.25) is 4.57 Å². The molecule has 1 aliphatic carbocycles. The first kappa shape index (κ1) is 22.1. The normalized spacial score (nSPS) is 17.9. The lowest BCUT2D eigenvalue weighted by Crippen LogP contribution is -2.50. The molecule has 1 atom stereocenters. The Bertz CT molecular complexity index is 1570. The van der Waals surface area contributed by atoms with E-state index in [1.807, 2.05) is 36.5 Å². The Morgan fingerprint density at radius 3 is 2.76 bits per heavy atom. The third kappa shape index (κ3) is 3.95. The molecule has 5 heterocycles. The van der Waals surface area contributed by atoms with E-state index >= 15 is 0 Å². The van der Waals surface area contributed by atoms with Crippen LogP contribution < -0.4 is 16.5 Å². The summed E-state index contributed by atoms with van der Waals surface area (Å²) in [5, 5.41) is 10.1. The largest absolute Gasteiger partial charge is 0.383 e. The Labute approximate surface area is 214 Å². The highest BCUT2D eigenvalue weighted by atomic mass is 15.5. The van der Waals surface area contributed by atoms with Crippen molar-refractivity contribution in [2.75, 3.05) is 31.9 Å². The van der Waals surface area contributed by atoms with Gasteiger partial charge in [-0.25, -0.2) is 30.1 Å². The lowest BCUT2D eigenvalue weighted by Gasteiger charge is -2.31. The van der Waals surface area contributed by atoms with E-state index in [9.17, 15) is 0 Å². The number of hydrazine groups is 1. The number of rotatable bonds is 5. The predicted octanol–water partition coefficient (Wildman–Crippen LogP) is 2.65. The summed E-state index contributed by atoms with van der Waals surface area (Å²) in [7, 11) is 0. The first-order valence-electron chi connectivity index (χ1n) is 12.7. The lowest BCUT2D eigenvalue weighted by atomic mass is 10.1. The van der Waals surface area contributed by atoms with Crippen LogP contribution in [0.2, 0.25) is 0 Å². The van der Waals surface area contributed by atoms with Crippen LogP contribution in [0.15, 0.2) is 67.1 Å². The van der Waals surface area contributed by atoms with E-state index < -0.39 is 0 Å². The van der Waals surface area contributed by atoms with Crippen LogP contribution >= 0.6 is 0 Å². The minimum absolute atomic E-state index is 0.333. The first-order valence-corrected chi connectivity index (χ1v) is 12.7. The van der Waals surface area contributed by atoms with Gasteiger partial charge in [0, 0.05) is 56.5 Å². The fourth-order valence-electron chi connectivity index (χ4n) is 5.40. The van der Waals surface area contributed by atoms with Crippen molar-refractivity contribution in [3.63, 3.8) is 0 Å². The summed E-state index contributed by atoms with van der Waals surface area (Å²) in [4.78, 5) is 14.2. The first-order chi connectivity index (χ1) is 18.2. The van der Waals surface area contributed by atoms with E-state index in [4.69, 9.17) is 15.7 Å². The number of nitrogens with one attached hydrogen (secondary N) is 2. The molecule has 4 N–H and O–H groups in total. The molecule has 37 heavy (non-hydrogen) atoms. The average Bonchev–Trinajstić information content (AvgIpc) is 3.68. The predicted molar refractivity (Wildman–Crippen MR) is 142 cm³/mol. The molecule has 186 valence electrons. The fourth-order valence-corrected chi connectivity index (χ4v) is 5.40. The zero-order valence-electron chi connectivity index (χ0n) is 20.4. The average molecular weight is 493 g/mol. The molecule has 10 nitrogen and oxygen atoms in total. The molecule has 2 aliphatic rings. The van der Waals surface area contributed by atoms with Crippen LogP contribution in [0.25, 0.3) is 34.1 Å². The Kier molecular flexibility index (Phi) is 5.42. The van der Waals surface area contributed by atoms with Crippen LogP contribution in [-0.2, 0) is 6.42 Å². The number of hydrogen-bond donors (Lipinski definition) is 3. The van der Waals surface area contributed by atoms with Gasteiger partial charge in [-0.2, -0.15) is 5.10 Å². The summed E-state index contributed by atoms with van der Waals surface area (Å²) in [5.74, 6) is 1.89. The van der Waals surface area contributed by atoms with E-state index in [0.717, 1.165) is 73.1 Å². The SMILES string of the molecule is Nc1ncccc1-c1nc2ccc(-n3cccn3)nc2n1-c1ccc2c(c1)CCC2NN1CCNCC1. The molecule has 0 bridgehead atoms. The van der Waals surface area contributed by atoms with Crippen LogP contribution in [0, 0.1) is 0 Å². The molecule has 0 saturated carbocycles. The Hall–Kier alpha value is -4.12. The maximum absolute atomic E-state index is 6.31. The minimum Gasteiger partial charge on any atom is -0.383 e. The highest BCUT2D eigenvalue weighted by Gasteiger charge is 2.26. The highest BCUT2D eigenvalue weighted by Crippen LogP contribution is 2.36. The molecule has 4 aromatic heterocycles. The van der Waals surface area contributed by atoms with Gasteiger partial charge in [-0.1, -0.05) is 6.07 Å². The van der Waals surface area contributed by atoms with Gasteiger partial charge >= 0.3 is 0 Å². The van der Waals surface area contributed by atoms with E-state index in [2.05, 4.69) is 48.6 Å². The second kappa shape index (κ2) is 9.07. The molecular formula is C27H28N10. The summed E-state index contributed by atoms with van der Waals surface area (Å²) >= 11 is 0. The number of fused-ring (bicyclic) bond motifs is 2. The van der Waals surface area contributed by atoms with Gasteiger partial charge in [0.15, 0.2) is 17.3 Å². The Balaban J connectivity index is 1.34. The molecule has 10 heteroatoms. The number of imidazole rings is 1. The number of benzene rings is 1. The summed E-state index contributed by atoms with van der Waals surface area (Å²) in [6.45, 7) is 4.08. The summed E-state index contributed by atoms with van der Waals surface area (Å²) in [5.41, 5.74) is 16.1. The van der Waals surface area contributed by atoms with Crippen LogP contribution in [0.4, 0.5) is 5.82 Å². The third-order valence-corrected chi connectivity index (χ3v) is 7.23. The Morgan fingerprint density at radius 2 is 1.92 bits per heavy atom. The van der Waals surface area contributed by atoms with Gasteiger partial charge in [-0.15, -0.1) is 0 Å². The fraction of sp³-hybridized carbons (Fsp3) is 0.259. The second-order valence-electron chi connectivity index (χ2n) is 9.51. The smallest absolute Gasteiger partial charge is 0.167 e. The number of piperazine rings is 1. The van der Waals surface area contributed by atoms with E-state index in [0.29, 0.717) is 11.9 Å². The monoisotopic (exact) mass is 492 g/mol. The number of hydrogen-bond acceptors (Lipinski definition) is 8. The summed E-state index contributed by atoms with van der Waals surface area (Å²) in [6.07, 6.45) is 7.43. The number of nitrogens with zero attached hydrogens (tertiary/aromatic N) is 7. The van der Waals surface area contributed by atoms with Gasteiger partial charge in [0.1, 0.15) is 11.3 Å². The zero-order chi connectivity index (χ0) is 24.8. The molecule has 5 aromatic rings. The van der Waals surface area contributed by atoms with Crippen molar-refractivity contribution in [1.82, 2.24) is 45.1 Å². The van der Waals surface area contributed by atoms with Crippen molar-refractivity contribution in [1.29, 1.82) is 0 Å². The standard InChI is InChI=1S/C27H28N10/c28-25-21(3-1-10-30-25)26-32-23-8-9-24(36-14-2-11-31-36)33-27(23)37(26)19-5-6-20-18(17-19)4-7-22(20)34-35-15-12-29-13-16-35/h1-3,5-6,8-11,14,17,22,29,34H,4,7,12-13,15-16H2,(H2,28,30). The third-order valence-electron chi connectivity index (χ3n) is 7.23. The van der Waals surface area contributed by atoms with Crippen molar-refractivity contribution in [3.05, 3.63) is 78.2 Å². The molecule has 1 saturated heterocycles. The number of aryl methyl sites for hydroxylation is 1. The molecule has 0 amide bonds. The molecular weight excluding hydrogens is 464 g/mol. The molecule has 0 radical (unpaired) electrons. The number of nitrogen functional groups attached to an aromatic ring is 1. The van der Waals surface area contributed by atoms with Crippen LogP contribution in [0.5, 0.6) is 0 Å². The van der Waals surface area contributed by atoms with Gasteiger partial charge in [-0.05, 0) is 66.4 Å². The van der Waals surface area contributed by atoms with Crippen molar-refractivity contribution in [3.8, 4) is 22.9 Å². The van der Waals surface area contributed by atoms with Crippen molar-refractivity contribution >= 4 is 17.0 Å². The number of pyridine rings is 2. The number of anilines is 1. The summed E-state index contributed by atoms with van der Waals surface area (Å²) in [6, 6.07) is 16.6. The molecule has 0 spiro atoms. The van der Waals surface area contributed by atoms with Crippen molar-refractivity contribution in [2.45, 2.75) is 18.9 Å². The van der Waals surface area contributed by atoms with Crippen molar-refractivity contribution < 1.29 is 0 Å². The maximum atomic E-state index is 6.31. The molecule has 1 aromatic carbocycles. The van der Waals surface area contributed by atoms with E-state index in [1.54, 1.807) is 17.1 Å². The Morgan fingerprint density at radius 1 is 1.00 bits per heavy atom. The topological polar surface area (TPSA) is 115 Å². The lowest BCUT2D eigenvalue weighted by molar-refractivity contribution is 0.137. The zero-order valence-corrected chi connectivity index (χ0v) is 20.4. The summed E-state index contributed by atoms with van der Waals surface area (Å²) < 4.78 is 3.84. The molecule has 1 aliphatic heterocycles. The van der Waals surface area contributed by atoms with Gasteiger partial charge in [0.05, 0.1) is 5.56 Å². The van der Waals surface area contributed by atoms with Gasteiger partial charge in [0.2, 0.25) is 0 Å². The van der Waals surface area contributed by atoms with Gasteiger partial charge in [0.25, 0.3) is 0 Å². The second-order valence-corrected chi connectivity index (χ2v) is 9.51. The van der Waals surface area contributed by atoms with Crippen LogP contribution in [0.1, 0.15) is 23.6 Å². The minimum atomic E-state index is 0.333. The number of nitrogens with two attached hydrogens (primary N) is 1. The van der Waals surface area contributed by atoms with E-state index in [1.165, 1.54) is 11.1 Å². The van der Waals surface area contributed by atoms with Crippen molar-refractivity contribution in [2.24, 2.45) is 0 Å². The quantitative estimate of drug-likeness (QED) is 0.343. The van der Waals surface area contributed by atoms with E-state index in [-0.39, 0.29) is 0 Å². The molecule has 1 fully saturated rings. The van der Waals surface area contributed by atoms with Crippen LogP contribution in [-0.4, -0.2) is 60.5 Å². The van der Waals surface area contributed by atoms with Gasteiger partial charge < -0.3 is 11.1 Å².